The molecule has 0 spiro atoms. The Morgan fingerprint density at radius 2 is 1.82 bits per heavy atom. The first-order valence-corrected chi connectivity index (χ1v) is 9.03. The third-order valence-corrected chi connectivity index (χ3v) is 6.80. The van der Waals surface area contributed by atoms with E-state index in [0.717, 1.165) is 0 Å². The van der Waals surface area contributed by atoms with Gasteiger partial charge in [0.15, 0.2) is 9.84 Å². The number of hydrogen-bond acceptors (Lipinski definition) is 4. The van der Waals surface area contributed by atoms with Crippen molar-refractivity contribution < 1.29 is 16.8 Å². The number of nitrogens with zero attached hydrogens (tertiary/aromatic N) is 1. The SMILES string of the molecule is CCN(CC)S(=O)(=O)NC1CS(=O)(=O)CC1Cl. The van der Waals surface area contributed by atoms with E-state index in [1.807, 2.05) is 0 Å². The fourth-order valence-electron chi connectivity index (χ4n) is 1.74. The molecule has 0 aromatic heterocycles. The van der Waals surface area contributed by atoms with Crippen LogP contribution in [0.25, 0.3) is 0 Å². The summed E-state index contributed by atoms with van der Waals surface area (Å²) in [5, 5.41) is -0.703. The standard InChI is InChI=1S/C8H17ClN2O4S2/c1-3-11(4-2)17(14,15)10-8-6-16(12,13)5-7(8)9/h7-8,10H,3-6H2,1-2H3. The van der Waals surface area contributed by atoms with E-state index in [9.17, 15) is 16.8 Å². The maximum atomic E-state index is 11.9. The Hall–Kier alpha value is 0.110. The zero-order valence-electron chi connectivity index (χ0n) is 9.76. The second kappa shape index (κ2) is 5.40. The minimum absolute atomic E-state index is 0.181. The van der Waals surface area contributed by atoms with Gasteiger partial charge in [0.25, 0.3) is 10.2 Å². The van der Waals surface area contributed by atoms with Gasteiger partial charge in [0.1, 0.15) is 0 Å². The first-order valence-electron chi connectivity index (χ1n) is 5.33. The van der Waals surface area contributed by atoms with Crippen LogP contribution in [-0.4, -0.2) is 57.2 Å². The van der Waals surface area contributed by atoms with Crippen molar-refractivity contribution in [3.63, 3.8) is 0 Å². The van der Waals surface area contributed by atoms with Crippen LogP contribution in [0.4, 0.5) is 0 Å². The van der Waals surface area contributed by atoms with Gasteiger partial charge in [-0.25, -0.2) is 8.42 Å². The summed E-state index contributed by atoms with van der Waals surface area (Å²) in [5.41, 5.74) is 0. The first-order chi connectivity index (χ1) is 7.72. The van der Waals surface area contributed by atoms with Crippen LogP contribution in [0.5, 0.6) is 0 Å². The molecular weight excluding hydrogens is 288 g/mol. The Labute approximate surface area is 107 Å². The summed E-state index contributed by atoms with van der Waals surface area (Å²) in [6.07, 6.45) is 0. The number of hydrogen-bond donors (Lipinski definition) is 1. The third kappa shape index (κ3) is 3.78. The molecule has 2 atom stereocenters. The molecule has 17 heavy (non-hydrogen) atoms. The Morgan fingerprint density at radius 3 is 2.18 bits per heavy atom. The van der Waals surface area contributed by atoms with Gasteiger partial charge < -0.3 is 0 Å². The lowest BCUT2D eigenvalue weighted by Crippen LogP contribution is -2.48. The molecule has 1 saturated heterocycles. The molecule has 0 amide bonds. The van der Waals surface area contributed by atoms with Crippen LogP contribution in [0, 0.1) is 0 Å². The van der Waals surface area contributed by atoms with Crippen LogP contribution in [0.1, 0.15) is 13.8 Å². The monoisotopic (exact) mass is 304 g/mol. The predicted molar refractivity (Wildman–Crippen MR) is 67.1 cm³/mol. The first kappa shape index (κ1) is 15.2. The lowest BCUT2D eigenvalue weighted by molar-refractivity contribution is 0.428. The Bertz CT molecular complexity index is 458. The van der Waals surface area contributed by atoms with Gasteiger partial charge in [-0.05, 0) is 0 Å². The molecule has 1 aliphatic rings. The number of sulfone groups is 1. The fourth-order valence-corrected chi connectivity index (χ4v) is 5.93. The normalized spacial score (nSPS) is 28.7. The van der Waals surface area contributed by atoms with Gasteiger partial charge in [0, 0.05) is 13.1 Å². The van der Waals surface area contributed by atoms with E-state index in [-0.39, 0.29) is 11.5 Å². The highest BCUT2D eigenvalue weighted by Gasteiger charge is 2.39. The predicted octanol–water partition coefficient (Wildman–Crippen LogP) is -0.433. The summed E-state index contributed by atoms with van der Waals surface area (Å²) in [6.45, 7) is 4.09. The summed E-state index contributed by atoms with van der Waals surface area (Å²) in [5.74, 6) is -0.415. The van der Waals surface area contributed by atoms with Crippen molar-refractivity contribution in [3.05, 3.63) is 0 Å². The van der Waals surface area contributed by atoms with E-state index in [0.29, 0.717) is 13.1 Å². The molecule has 0 aromatic carbocycles. The van der Waals surface area contributed by atoms with Gasteiger partial charge in [-0.15, -0.1) is 11.6 Å². The summed E-state index contributed by atoms with van der Waals surface area (Å²) < 4.78 is 49.9. The van der Waals surface area contributed by atoms with Crippen LogP contribution in [0.2, 0.25) is 0 Å². The van der Waals surface area contributed by atoms with Crippen molar-refractivity contribution in [2.75, 3.05) is 24.6 Å². The summed E-state index contributed by atoms with van der Waals surface area (Å²) in [4.78, 5) is 0. The van der Waals surface area contributed by atoms with Gasteiger partial charge in [-0.2, -0.15) is 17.4 Å². The Kier molecular flexibility index (Phi) is 4.81. The quantitative estimate of drug-likeness (QED) is 0.699. The van der Waals surface area contributed by atoms with Crippen LogP contribution in [0.3, 0.4) is 0 Å². The molecule has 2 unspecified atom stereocenters. The smallest absolute Gasteiger partial charge is 0.229 e. The van der Waals surface area contributed by atoms with Gasteiger partial charge in [0.05, 0.1) is 22.9 Å². The molecule has 0 aliphatic carbocycles. The second-order valence-corrected chi connectivity index (χ2v) is 8.32. The molecule has 0 aromatic rings. The molecule has 0 radical (unpaired) electrons. The Morgan fingerprint density at radius 1 is 1.29 bits per heavy atom. The van der Waals surface area contributed by atoms with Crippen LogP contribution in [0.15, 0.2) is 0 Å². The number of nitrogens with one attached hydrogen (secondary N) is 1. The Balaban J connectivity index is 2.79. The van der Waals surface area contributed by atoms with E-state index in [1.54, 1.807) is 13.8 Å². The number of rotatable bonds is 5. The molecule has 102 valence electrons. The molecule has 9 heteroatoms. The molecule has 1 rings (SSSR count). The van der Waals surface area contributed by atoms with Gasteiger partial charge in [0.2, 0.25) is 0 Å². The average molecular weight is 305 g/mol. The molecule has 1 heterocycles. The van der Waals surface area contributed by atoms with Crippen molar-refractivity contribution in [2.45, 2.75) is 25.3 Å². The maximum Gasteiger partial charge on any atom is 0.279 e. The van der Waals surface area contributed by atoms with E-state index in [1.165, 1.54) is 4.31 Å². The topological polar surface area (TPSA) is 83.6 Å². The highest BCUT2D eigenvalue weighted by Crippen LogP contribution is 2.19. The lowest BCUT2D eigenvalue weighted by atomic mass is 10.3. The summed E-state index contributed by atoms with van der Waals surface area (Å²) in [7, 11) is -6.89. The zero-order valence-corrected chi connectivity index (χ0v) is 12.1. The molecular formula is C8H17ClN2O4S2. The van der Waals surface area contributed by atoms with Crippen LogP contribution >= 0.6 is 11.6 Å². The van der Waals surface area contributed by atoms with E-state index in [2.05, 4.69) is 4.72 Å². The second-order valence-electron chi connectivity index (χ2n) is 3.91. The largest absolute Gasteiger partial charge is 0.279 e. The van der Waals surface area contributed by atoms with Crippen molar-refractivity contribution in [1.82, 2.24) is 9.03 Å². The van der Waals surface area contributed by atoms with Gasteiger partial charge >= 0.3 is 0 Å². The fraction of sp³-hybridized carbons (Fsp3) is 1.00. The van der Waals surface area contributed by atoms with E-state index < -0.39 is 31.5 Å². The van der Waals surface area contributed by atoms with Crippen molar-refractivity contribution in [1.29, 1.82) is 0 Å². The molecule has 0 saturated carbocycles. The van der Waals surface area contributed by atoms with E-state index >= 15 is 0 Å². The minimum atomic E-state index is -3.65. The zero-order chi connectivity index (χ0) is 13.3. The third-order valence-electron chi connectivity index (χ3n) is 2.63. The van der Waals surface area contributed by atoms with Gasteiger partial charge in [-0.1, -0.05) is 13.8 Å². The highest BCUT2D eigenvalue weighted by molar-refractivity contribution is 7.92. The highest BCUT2D eigenvalue weighted by atomic mass is 35.5. The van der Waals surface area contributed by atoms with Crippen molar-refractivity contribution >= 4 is 31.6 Å². The average Bonchev–Trinajstić information content (AvgIpc) is 2.39. The van der Waals surface area contributed by atoms with Crippen molar-refractivity contribution in [2.24, 2.45) is 0 Å². The summed E-state index contributed by atoms with van der Waals surface area (Å²) in [6, 6.07) is -0.743. The molecule has 1 aliphatic heterocycles. The lowest BCUT2D eigenvalue weighted by Gasteiger charge is -2.22. The molecule has 1 N–H and O–H groups in total. The molecule has 1 fully saturated rings. The van der Waals surface area contributed by atoms with E-state index in [4.69, 9.17) is 11.6 Å². The van der Waals surface area contributed by atoms with Crippen LogP contribution in [-0.2, 0) is 20.0 Å². The number of alkyl halides is 1. The maximum absolute atomic E-state index is 11.9. The molecule has 0 bridgehead atoms. The number of halogens is 1. The summed E-state index contributed by atoms with van der Waals surface area (Å²) >= 11 is 5.84. The van der Waals surface area contributed by atoms with Gasteiger partial charge in [-0.3, -0.25) is 0 Å². The minimum Gasteiger partial charge on any atom is -0.229 e. The van der Waals surface area contributed by atoms with Crippen LogP contribution < -0.4 is 4.72 Å². The molecule has 6 nitrogen and oxygen atoms in total. The van der Waals surface area contributed by atoms with Crippen molar-refractivity contribution in [3.8, 4) is 0 Å².